The molecule has 0 amide bonds. The van der Waals surface area contributed by atoms with Crippen molar-refractivity contribution in [3.8, 4) is 5.75 Å². The number of hydrogen-bond acceptors (Lipinski definition) is 1. The zero-order valence-corrected chi connectivity index (χ0v) is 9.19. The molecular formula is C9H16BClO3. The van der Waals surface area contributed by atoms with Crippen molar-refractivity contribution in [2.75, 3.05) is 6.61 Å². The first kappa shape index (κ1) is 15.8. The molecule has 80 valence electrons. The summed E-state index contributed by atoms with van der Waals surface area (Å²) in [4.78, 5) is 0. The maximum Gasteiger partial charge on any atom is 0.144 e. The summed E-state index contributed by atoms with van der Waals surface area (Å²) >= 11 is 5.80. The molecule has 0 aliphatic heterocycles. The van der Waals surface area contributed by atoms with E-state index in [1.165, 1.54) is 0 Å². The fraction of sp³-hybridized carbons (Fsp3) is 0.333. The van der Waals surface area contributed by atoms with Gasteiger partial charge < -0.3 is 15.7 Å². The van der Waals surface area contributed by atoms with Crippen LogP contribution < -0.4 is 10.2 Å². The zero-order chi connectivity index (χ0) is 8.97. The first-order chi connectivity index (χ1) is 5.74. The highest BCUT2D eigenvalue weighted by molar-refractivity contribution is 6.37. The third kappa shape index (κ3) is 4.51. The molecule has 5 heteroatoms. The highest BCUT2D eigenvalue weighted by atomic mass is 35.5. The monoisotopic (exact) mass is 218 g/mol. The van der Waals surface area contributed by atoms with Gasteiger partial charge >= 0.3 is 0 Å². The molecule has 0 bridgehead atoms. The van der Waals surface area contributed by atoms with Gasteiger partial charge in [-0.2, -0.15) is 0 Å². The molecule has 0 aromatic heterocycles. The van der Waals surface area contributed by atoms with Crippen molar-refractivity contribution >= 4 is 24.9 Å². The molecule has 1 rings (SSSR count). The van der Waals surface area contributed by atoms with Crippen LogP contribution >= 0.6 is 11.6 Å². The van der Waals surface area contributed by atoms with Crippen LogP contribution in [0.4, 0.5) is 0 Å². The second-order valence-corrected chi connectivity index (χ2v) is 3.19. The van der Waals surface area contributed by atoms with Gasteiger partial charge in [-0.1, -0.05) is 18.5 Å². The van der Waals surface area contributed by atoms with Gasteiger partial charge in [0, 0.05) is 5.02 Å². The molecule has 0 atom stereocenters. The predicted octanol–water partition coefficient (Wildman–Crippen LogP) is -0.262. The summed E-state index contributed by atoms with van der Waals surface area (Å²) < 4.78 is 5.48. The molecular weight excluding hydrogens is 202 g/mol. The predicted molar refractivity (Wildman–Crippen MR) is 62.6 cm³/mol. The van der Waals surface area contributed by atoms with E-state index in [-0.39, 0.29) is 11.0 Å². The van der Waals surface area contributed by atoms with E-state index >= 15 is 0 Å². The Morgan fingerprint density at radius 1 is 1.36 bits per heavy atom. The van der Waals surface area contributed by atoms with Crippen molar-refractivity contribution in [2.24, 2.45) is 0 Å². The summed E-state index contributed by atoms with van der Waals surface area (Å²) in [6, 6.07) is 5.67. The van der Waals surface area contributed by atoms with E-state index in [2.05, 4.69) is 6.92 Å². The number of benzene rings is 1. The summed E-state index contributed by atoms with van der Waals surface area (Å²) in [6.45, 7) is 2.85. The van der Waals surface area contributed by atoms with Crippen LogP contribution in [0.5, 0.6) is 5.75 Å². The molecule has 4 N–H and O–H groups in total. The van der Waals surface area contributed by atoms with Gasteiger partial charge in [-0.05, 0) is 30.1 Å². The van der Waals surface area contributed by atoms with E-state index in [0.29, 0.717) is 0 Å². The molecule has 1 aromatic carbocycles. The molecule has 0 saturated carbocycles. The third-order valence-corrected chi connectivity index (χ3v) is 1.83. The Morgan fingerprint density at radius 3 is 2.50 bits per heavy atom. The fourth-order valence-electron chi connectivity index (χ4n) is 0.987. The van der Waals surface area contributed by atoms with Gasteiger partial charge in [-0.3, -0.25) is 0 Å². The zero-order valence-electron chi connectivity index (χ0n) is 8.43. The van der Waals surface area contributed by atoms with Gasteiger partial charge in [0.2, 0.25) is 0 Å². The van der Waals surface area contributed by atoms with E-state index in [4.69, 9.17) is 16.3 Å². The highest BCUT2D eigenvalue weighted by Gasteiger charge is 1.98. The van der Waals surface area contributed by atoms with Crippen LogP contribution in [0.2, 0.25) is 5.02 Å². The van der Waals surface area contributed by atoms with Crippen LogP contribution in [-0.4, -0.2) is 25.4 Å². The van der Waals surface area contributed by atoms with Crippen molar-refractivity contribution in [1.29, 1.82) is 0 Å². The molecule has 0 saturated heterocycles. The summed E-state index contributed by atoms with van der Waals surface area (Å²) in [7, 11) is 2.00. The Hall–Kier alpha value is -0.705. The Balaban J connectivity index is 0. The van der Waals surface area contributed by atoms with Gasteiger partial charge in [0.05, 0.1) is 6.61 Å². The van der Waals surface area contributed by atoms with E-state index in [1.807, 2.05) is 26.0 Å². The second kappa shape index (κ2) is 7.68. The normalized spacial score (nSPS) is 8.43. The van der Waals surface area contributed by atoms with Crippen molar-refractivity contribution in [3.63, 3.8) is 0 Å². The number of hydrogen-bond donors (Lipinski definition) is 0. The standard InChI is InChI=1S/C9H12BClO.2H2O/c1-2-5-12-9-4-3-7(11)6-8(9)10;;/h3-4,6H,2,5,10H2,1H3;2*1H2. The minimum absolute atomic E-state index is 0. The summed E-state index contributed by atoms with van der Waals surface area (Å²) in [5, 5.41) is 0.761. The highest BCUT2D eigenvalue weighted by Crippen LogP contribution is 2.12. The van der Waals surface area contributed by atoms with Crippen molar-refractivity contribution in [1.82, 2.24) is 0 Å². The quantitative estimate of drug-likeness (QED) is 0.644. The lowest BCUT2D eigenvalue weighted by atomic mass is 9.95. The summed E-state index contributed by atoms with van der Waals surface area (Å²) in [5.74, 6) is 0.932. The largest absolute Gasteiger partial charge is 0.494 e. The van der Waals surface area contributed by atoms with Crippen LogP contribution in [-0.2, 0) is 0 Å². The molecule has 14 heavy (non-hydrogen) atoms. The molecule has 3 nitrogen and oxygen atoms in total. The Labute approximate surface area is 90.1 Å². The van der Waals surface area contributed by atoms with Crippen LogP contribution in [0.15, 0.2) is 18.2 Å². The Morgan fingerprint density at radius 2 is 2.00 bits per heavy atom. The maximum absolute atomic E-state index is 5.80. The molecule has 0 spiro atoms. The topological polar surface area (TPSA) is 72.2 Å². The molecule has 0 aliphatic carbocycles. The first-order valence-corrected chi connectivity index (χ1v) is 4.50. The molecule has 1 aromatic rings. The van der Waals surface area contributed by atoms with E-state index in [9.17, 15) is 0 Å². The van der Waals surface area contributed by atoms with Gasteiger partial charge in [0.15, 0.2) is 0 Å². The molecule has 0 aliphatic rings. The molecule has 0 fully saturated rings. The maximum atomic E-state index is 5.80. The van der Waals surface area contributed by atoms with Gasteiger partial charge in [-0.15, -0.1) is 0 Å². The second-order valence-electron chi connectivity index (χ2n) is 2.76. The van der Waals surface area contributed by atoms with E-state index in [0.717, 1.165) is 29.3 Å². The van der Waals surface area contributed by atoms with Crippen molar-refractivity contribution < 1.29 is 15.7 Å². The van der Waals surface area contributed by atoms with Crippen molar-refractivity contribution in [2.45, 2.75) is 13.3 Å². The lowest BCUT2D eigenvalue weighted by molar-refractivity contribution is 0.320. The fourth-order valence-corrected chi connectivity index (χ4v) is 1.21. The van der Waals surface area contributed by atoms with Crippen LogP contribution in [0.25, 0.3) is 0 Å². The van der Waals surface area contributed by atoms with E-state index < -0.39 is 0 Å². The van der Waals surface area contributed by atoms with Crippen molar-refractivity contribution in [3.05, 3.63) is 23.2 Å². The summed E-state index contributed by atoms with van der Waals surface area (Å²) in [6.07, 6.45) is 1.03. The Kier molecular flexibility index (Phi) is 8.64. The average molecular weight is 218 g/mol. The third-order valence-electron chi connectivity index (χ3n) is 1.60. The SMILES string of the molecule is Bc1cc(Cl)ccc1OCCC.O.O. The molecule has 0 unspecified atom stereocenters. The van der Waals surface area contributed by atoms with E-state index in [1.54, 1.807) is 0 Å². The van der Waals surface area contributed by atoms with Gasteiger partial charge in [-0.25, -0.2) is 0 Å². The van der Waals surface area contributed by atoms with Gasteiger partial charge in [0.1, 0.15) is 13.6 Å². The molecule has 0 radical (unpaired) electrons. The summed E-state index contributed by atoms with van der Waals surface area (Å²) in [5.41, 5.74) is 1.09. The Bertz CT molecular complexity index is 268. The number of ether oxygens (including phenoxy) is 1. The minimum Gasteiger partial charge on any atom is -0.494 e. The lowest BCUT2D eigenvalue weighted by Gasteiger charge is -2.07. The lowest BCUT2D eigenvalue weighted by Crippen LogP contribution is -2.09. The molecule has 0 heterocycles. The first-order valence-electron chi connectivity index (χ1n) is 4.13. The number of halogens is 1. The van der Waals surface area contributed by atoms with Crippen LogP contribution in [0.1, 0.15) is 13.3 Å². The minimum atomic E-state index is 0. The smallest absolute Gasteiger partial charge is 0.144 e. The number of rotatable bonds is 3. The average Bonchev–Trinajstić information content (AvgIpc) is 2.03. The van der Waals surface area contributed by atoms with Crippen LogP contribution in [0, 0.1) is 0 Å². The van der Waals surface area contributed by atoms with Crippen LogP contribution in [0.3, 0.4) is 0 Å². The van der Waals surface area contributed by atoms with Gasteiger partial charge in [0.25, 0.3) is 0 Å².